The zero-order valence-corrected chi connectivity index (χ0v) is 40.9. The van der Waals surface area contributed by atoms with Crippen LogP contribution in [-0.2, 0) is 5.41 Å². The predicted octanol–water partition coefficient (Wildman–Crippen LogP) is 18.2. The molecule has 1 aliphatic heterocycles. The summed E-state index contributed by atoms with van der Waals surface area (Å²) in [5.41, 5.74) is 20.6. The van der Waals surface area contributed by atoms with E-state index in [1.807, 2.05) is 84.9 Å². The smallest absolute Gasteiger partial charge is 0.164 e. The summed E-state index contributed by atoms with van der Waals surface area (Å²) >= 11 is 0. The average Bonchev–Trinajstić information content (AvgIpc) is 4.30. The zero-order valence-electron chi connectivity index (χ0n) is 40.9. The number of benzene rings is 11. The van der Waals surface area contributed by atoms with E-state index in [0.717, 1.165) is 99.9 Å². The number of nitrogens with zero attached hydrogens (tertiary/aromatic N) is 4. The third-order valence-corrected chi connectivity index (χ3v) is 15.8. The molecular formula is C70H42N4O2. The first-order chi connectivity index (χ1) is 37.7. The molecule has 0 fully saturated rings. The lowest BCUT2D eigenvalue weighted by atomic mass is 9.64. The molecule has 11 aromatic carbocycles. The molecule has 354 valence electrons. The normalized spacial score (nSPS) is 13.1. The molecule has 6 heteroatoms. The lowest BCUT2D eigenvalue weighted by Crippen LogP contribution is -2.36. The first kappa shape index (κ1) is 42.3. The van der Waals surface area contributed by atoms with Crippen LogP contribution in [0.25, 0.3) is 111 Å². The molecule has 0 saturated carbocycles. The van der Waals surface area contributed by atoms with Gasteiger partial charge in [0.05, 0.1) is 16.8 Å². The van der Waals surface area contributed by atoms with Crippen molar-refractivity contribution in [3.63, 3.8) is 0 Å². The van der Waals surface area contributed by atoms with Gasteiger partial charge in [-0.1, -0.05) is 200 Å². The van der Waals surface area contributed by atoms with Crippen molar-refractivity contribution in [3.05, 3.63) is 277 Å². The highest BCUT2D eigenvalue weighted by Crippen LogP contribution is 2.64. The Morgan fingerprint density at radius 2 is 0.829 bits per heavy atom. The Bertz CT molecular complexity index is 4550. The van der Waals surface area contributed by atoms with Crippen molar-refractivity contribution in [2.75, 3.05) is 4.90 Å². The van der Waals surface area contributed by atoms with E-state index in [2.05, 4.69) is 175 Å². The molecule has 16 rings (SSSR count). The van der Waals surface area contributed by atoms with Gasteiger partial charge in [-0.2, -0.15) is 0 Å². The highest BCUT2D eigenvalue weighted by Gasteiger charge is 2.51. The van der Waals surface area contributed by atoms with Crippen LogP contribution in [0.2, 0.25) is 0 Å². The molecule has 0 bridgehead atoms. The van der Waals surface area contributed by atoms with Crippen LogP contribution in [0.15, 0.2) is 264 Å². The van der Waals surface area contributed by atoms with E-state index in [1.54, 1.807) is 0 Å². The topological polar surface area (TPSA) is 68.2 Å². The molecule has 4 heterocycles. The van der Waals surface area contributed by atoms with Crippen molar-refractivity contribution < 1.29 is 8.83 Å². The molecule has 0 atom stereocenters. The minimum Gasteiger partial charge on any atom is -0.456 e. The molecule has 2 aliphatic rings. The molecule has 0 unspecified atom stereocenters. The third kappa shape index (κ3) is 6.19. The lowest BCUT2D eigenvalue weighted by molar-refractivity contribution is 0.669. The zero-order chi connectivity index (χ0) is 49.9. The summed E-state index contributed by atoms with van der Waals surface area (Å²) in [5.74, 6) is 1.80. The predicted molar refractivity (Wildman–Crippen MR) is 307 cm³/mol. The van der Waals surface area contributed by atoms with Gasteiger partial charge in [0.1, 0.15) is 22.3 Å². The summed E-state index contributed by atoms with van der Waals surface area (Å²) in [5, 5.41) is 4.18. The third-order valence-electron chi connectivity index (χ3n) is 15.8. The minimum absolute atomic E-state index is 0.582. The monoisotopic (exact) mass is 970 g/mol. The summed E-state index contributed by atoms with van der Waals surface area (Å²) in [6.45, 7) is 0. The Hall–Kier alpha value is -10.2. The van der Waals surface area contributed by atoms with Crippen molar-refractivity contribution in [3.8, 4) is 67.5 Å². The maximum absolute atomic E-state index is 6.67. The van der Waals surface area contributed by atoms with Crippen LogP contribution in [-0.4, -0.2) is 15.0 Å². The Balaban J connectivity index is 0.889. The number of furan rings is 2. The van der Waals surface area contributed by atoms with Crippen molar-refractivity contribution in [2.24, 2.45) is 0 Å². The van der Waals surface area contributed by atoms with Gasteiger partial charge in [0, 0.05) is 49.5 Å². The number of para-hydroxylation sites is 3. The van der Waals surface area contributed by atoms with E-state index in [0.29, 0.717) is 17.5 Å². The second-order valence-corrected chi connectivity index (χ2v) is 19.8. The number of hydrogen-bond acceptors (Lipinski definition) is 6. The Morgan fingerprint density at radius 1 is 0.303 bits per heavy atom. The molecule has 1 aliphatic carbocycles. The number of fused-ring (bicyclic) bond motifs is 15. The van der Waals surface area contributed by atoms with Crippen molar-refractivity contribution in [1.82, 2.24) is 15.0 Å². The van der Waals surface area contributed by atoms with Gasteiger partial charge in [0.25, 0.3) is 0 Å². The molecule has 6 nitrogen and oxygen atoms in total. The average molecular weight is 971 g/mol. The quantitative estimate of drug-likeness (QED) is 0.165. The maximum Gasteiger partial charge on any atom is 0.164 e. The van der Waals surface area contributed by atoms with E-state index >= 15 is 0 Å². The van der Waals surface area contributed by atoms with Crippen molar-refractivity contribution >= 4 is 60.9 Å². The first-order valence-electron chi connectivity index (χ1n) is 25.7. The summed E-state index contributed by atoms with van der Waals surface area (Å²) in [7, 11) is 0. The highest BCUT2D eigenvalue weighted by molar-refractivity contribution is 6.13. The first-order valence-corrected chi connectivity index (χ1v) is 25.7. The van der Waals surface area contributed by atoms with E-state index in [4.69, 9.17) is 23.8 Å². The second-order valence-electron chi connectivity index (χ2n) is 19.8. The van der Waals surface area contributed by atoms with Gasteiger partial charge < -0.3 is 13.7 Å². The van der Waals surface area contributed by atoms with Crippen molar-refractivity contribution in [1.29, 1.82) is 0 Å². The van der Waals surface area contributed by atoms with Gasteiger partial charge in [-0.15, -0.1) is 0 Å². The SMILES string of the molecule is c1ccc(-c2nc(-c3ccccc3)nc(-c3cccc4oc5ccc(-c6ccc7c(c6)C6(c8ccccc8-c8ccccc86)c6ccccc6N7c6ccc(-c7cccc8c7oc7ccccc78)cc6)cc5c34)n2)cc1. The van der Waals surface area contributed by atoms with Gasteiger partial charge in [0.2, 0.25) is 0 Å². The molecule has 76 heavy (non-hydrogen) atoms. The van der Waals surface area contributed by atoms with E-state index in [1.165, 1.54) is 33.4 Å². The molecular weight excluding hydrogens is 929 g/mol. The van der Waals surface area contributed by atoms with Gasteiger partial charge >= 0.3 is 0 Å². The number of rotatable bonds is 6. The van der Waals surface area contributed by atoms with E-state index < -0.39 is 5.41 Å². The maximum atomic E-state index is 6.67. The summed E-state index contributed by atoms with van der Waals surface area (Å²) in [4.78, 5) is 17.8. The lowest BCUT2D eigenvalue weighted by Gasteiger charge is -2.45. The van der Waals surface area contributed by atoms with Gasteiger partial charge in [-0.05, 0) is 105 Å². The summed E-state index contributed by atoms with van der Waals surface area (Å²) in [6, 6.07) is 90.7. The van der Waals surface area contributed by atoms with Gasteiger partial charge in [-0.25, -0.2) is 15.0 Å². The molecule has 14 aromatic rings. The van der Waals surface area contributed by atoms with Crippen LogP contribution in [0.3, 0.4) is 0 Å². The summed E-state index contributed by atoms with van der Waals surface area (Å²) in [6.07, 6.45) is 0. The number of anilines is 3. The van der Waals surface area contributed by atoms with Crippen LogP contribution in [0, 0.1) is 0 Å². The van der Waals surface area contributed by atoms with Gasteiger partial charge in [-0.3, -0.25) is 0 Å². The molecule has 3 aromatic heterocycles. The largest absolute Gasteiger partial charge is 0.456 e. The standard InChI is InChI=1S/C70H42N4O2/c1-3-17-44(18-4-1)67-71-68(45-19-5-2-6-20-45)73-69(72-67)54-26-16-32-64-65(54)55-41-46(36-40-63(55)75-64)47-35-39-61-59(42-47)70(56-27-10-7-21-50(56)51-22-8-11-28-57(51)70)58-29-12-13-30-60(58)74(61)48-37-33-43(34-38-48)49-24-15-25-53-52-23-9-14-31-62(52)76-66(49)53/h1-42H. The fraction of sp³-hybridized carbons (Fsp3) is 0.0143. The molecule has 0 amide bonds. The van der Waals surface area contributed by atoms with E-state index in [-0.39, 0.29) is 0 Å². The van der Waals surface area contributed by atoms with Crippen LogP contribution in [0.1, 0.15) is 22.3 Å². The minimum atomic E-state index is -0.617. The molecule has 0 radical (unpaired) electrons. The number of aromatic nitrogens is 3. The number of hydrogen-bond donors (Lipinski definition) is 0. The van der Waals surface area contributed by atoms with Gasteiger partial charge in [0.15, 0.2) is 17.5 Å². The van der Waals surface area contributed by atoms with Crippen LogP contribution >= 0.6 is 0 Å². The second kappa shape index (κ2) is 16.4. The van der Waals surface area contributed by atoms with E-state index in [9.17, 15) is 0 Å². The summed E-state index contributed by atoms with van der Waals surface area (Å²) < 4.78 is 13.2. The highest BCUT2D eigenvalue weighted by atomic mass is 16.3. The molecule has 0 saturated heterocycles. The van der Waals surface area contributed by atoms with Crippen molar-refractivity contribution in [2.45, 2.75) is 5.41 Å². The van der Waals surface area contributed by atoms with Crippen LogP contribution in [0.5, 0.6) is 0 Å². The van der Waals surface area contributed by atoms with Crippen LogP contribution in [0.4, 0.5) is 17.1 Å². The van der Waals surface area contributed by atoms with Crippen LogP contribution < -0.4 is 4.90 Å². The molecule has 1 spiro atoms. The Kier molecular flexibility index (Phi) is 9.15. The fourth-order valence-electron chi connectivity index (χ4n) is 12.5. The Labute approximate surface area is 437 Å². The Morgan fingerprint density at radius 3 is 1.58 bits per heavy atom. The fourth-order valence-corrected chi connectivity index (χ4v) is 12.5. The molecule has 0 N–H and O–H groups in total.